The van der Waals surface area contributed by atoms with Crippen molar-refractivity contribution in [2.45, 2.75) is 143 Å². The maximum Gasteiger partial charge on any atom is 0.308 e. The minimum Gasteiger partial charge on any atom is -0.465 e. The van der Waals surface area contributed by atoms with Gasteiger partial charge in [0.2, 0.25) is 0 Å². The lowest BCUT2D eigenvalue weighted by Gasteiger charge is -2.14. The Bertz CT molecular complexity index is 326. The quantitative estimate of drug-likeness (QED) is 0.143. The van der Waals surface area contributed by atoms with Crippen LogP contribution in [0, 0.1) is 11.8 Å². The Morgan fingerprint density at radius 1 is 0.607 bits per heavy atom. The van der Waals surface area contributed by atoms with Gasteiger partial charge in [-0.1, -0.05) is 130 Å². The lowest BCUT2D eigenvalue weighted by molar-refractivity contribution is -0.148. The van der Waals surface area contributed by atoms with Crippen molar-refractivity contribution in [2.24, 2.45) is 11.8 Å². The SMILES string of the molecule is CCCCCCCCCCCCCCOC(=O)C(C)CCCC(C)CCCC. The molecule has 0 rings (SSSR count). The standard InChI is InChI=1S/C26H52O2/c1-5-7-9-10-11-12-13-14-15-16-17-18-23-28-26(27)25(4)22-19-21-24(3)20-8-6-2/h24-25H,5-23H2,1-4H3. The van der Waals surface area contributed by atoms with Crippen LogP contribution in [-0.4, -0.2) is 12.6 Å². The molecule has 0 aliphatic rings. The topological polar surface area (TPSA) is 26.3 Å². The zero-order chi connectivity index (χ0) is 20.9. The van der Waals surface area contributed by atoms with Gasteiger partial charge in [0.15, 0.2) is 0 Å². The van der Waals surface area contributed by atoms with Crippen LogP contribution in [0.5, 0.6) is 0 Å². The average molecular weight is 397 g/mol. The summed E-state index contributed by atoms with van der Waals surface area (Å²) < 4.78 is 5.48. The van der Waals surface area contributed by atoms with Crippen LogP contribution >= 0.6 is 0 Å². The third-order valence-corrected chi connectivity index (χ3v) is 6.03. The molecule has 2 unspecified atom stereocenters. The zero-order valence-electron chi connectivity index (χ0n) is 19.9. The van der Waals surface area contributed by atoms with Gasteiger partial charge in [-0.25, -0.2) is 0 Å². The molecule has 0 aromatic carbocycles. The van der Waals surface area contributed by atoms with Gasteiger partial charge in [0.25, 0.3) is 0 Å². The molecule has 2 nitrogen and oxygen atoms in total. The van der Waals surface area contributed by atoms with Crippen LogP contribution in [0.15, 0.2) is 0 Å². The molecule has 0 saturated heterocycles. The summed E-state index contributed by atoms with van der Waals surface area (Å²) in [6, 6.07) is 0. The molecular weight excluding hydrogens is 344 g/mol. The zero-order valence-corrected chi connectivity index (χ0v) is 19.9. The van der Waals surface area contributed by atoms with Crippen LogP contribution in [0.4, 0.5) is 0 Å². The Kier molecular flexibility index (Phi) is 20.8. The van der Waals surface area contributed by atoms with Crippen LogP contribution in [0.1, 0.15) is 143 Å². The highest BCUT2D eigenvalue weighted by Crippen LogP contribution is 2.18. The second kappa shape index (κ2) is 21.2. The number of hydrogen-bond acceptors (Lipinski definition) is 2. The van der Waals surface area contributed by atoms with Gasteiger partial charge in [0.1, 0.15) is 0 Å². The molecule has 2 heteroatoms. The summed E-state index contributed by atoms with van der Waals surface area (Å²) in [4.78, 5) is 12.1. The molecular formula is C26H52O2. The van der Waals surface area contributed by atoms with Crippen LogP contribution in [-0.2, 0) is 9.53 Å². The monoisotopic (exact) mass is 396 g/mol. The van der Waals surface area contributed by atoms with Crippen molar-refractivity contribution < 1.29 is 9.53 Å². The normalized spacial score (nSPS) is 13.4. The molecule has 0 saturated carbocycles. The lowest BCUT2D eigenvalue weighted by atomic mass is 9.95. The van der Waals surface area contributed by atoms with Crippen LogP contribution in [0.2, 0.25) is 0 Å². The van der Waals surface area contributed by atoms with Crippen molar-refractivity contribution >= 4 is 5.97 Å². The lowest BCUT2D eigenvalue weighted by Crippen LogP contribution is -2.15. The van der Waals surface area contributed by atoms with Gasteiger partial charge in [0.05, 0.1) is 12.5 Å². The van der Waals surface area contributed by atoms with Crippen molar-refractivity contribution in [3.63, 3.8) is 0 Å². The maximum absolute atomic E-state index is 12.1. The predicted molar refractivity (Wildman–Crippen MR) is 124 cm³/mol. The van der Waals surface area contributed by atoms with Gasteiger partial charge in [-0.2, -0.15) is 0 Å². The number of hydrogen-bond donors (Lipinski definition) is 0. The molecule has 0 aromatic heterocycles. The molecule has 28 heavy (non-hydrogen) atoms. The predicted octanol–water partition coefficient (Wildman–Crippen LogP) is 8.86. The summed E-state index contributed by atoms with van der Waals surface area (Å²) in [6.07, 6.45) is 23.4. The molecule has 0 aromatic rings. The Balaban J connectivity index is 3.37. The molecule has 0 spiro atoms. The van der Waals surface area contributed by atoms with E-state index in [1.807, 2.05) is 6.92 Å². The van der Waals surface area contributed by atoms with Gasteiger partial charge in [-0.05, 0) is 18.8 Å². The van der Waals surface area contributed by atoms with E-state index in [2.05, 4.69) is 20.8 Å². The molecule has 0 aliphatic heterocycles. The third kappa shape index (κ3) is 18.8. The first-order chi connectivity index (χ1) is 13.6. The fourth-order valence-electron chi connectivity index (χ4n) is 3.85. The van der Waals surface area contributed by atoms with Crippen molar-refractivity contribution in [2.75, 3.05) is 6.61 Å². The minimum absolute atomic E-state index is 0.0179. The number of carbonyl (C=O) groups is 1. The van der Waals surface area contributed by atoms with Gasteiger partial charge in [-0.3, -0.25) is 4.79 Å². The van der Waals surface area contributed by atoms with Crippen molar-refractivity contribution in [1.29, 1.82) is 0 Å². The summed E-state index contributed by atoms with van der Waals surface area (Å²) in [5.74, 6) is 0.879. The molecule has 0 bridgehead atoms. The molecule has 0 fully saturated rings. The van der Waals surface area contributed by atoms with E-state index >= 15 is 0 Å². The fourth-order valence-corrected chi connectivity index (χ4v) is 3.85. The molecule has 168 valence electrons. The van der Waals surface area contributed by atoms with Crippen molar-refractivity contribution in [3.8, 4) is 0 Å². The molecule has 2 atom stereocenters. The Labute approximate surface area is 177 Å². The van der Waals surface area contributed by atoms with E-state index in [-0.39, 0.29) is 11.9 Å². The minimum atomic E-state index is 0.0179. The molecule has 0 heterocycles. The van der Waals surface area contributed by atoms with E-state index in [1.54, 1.807) is 0 Å². The summed E-state index contributed by atoms with van der Waals surface area (Å²) in [5, 5.41) is 0. The number of rotatable bonds is 21. The van der Waals surface area contributed by atoms with Crippen LogP contribution in [0.3, 0.4) is 0 Å². The van der Waals surface area contributed by atoms with Crippen LogP contribution in [0.25, 0.3) is 0 Å². The molecule has 0 amide bonds. The van der Waals surface area contributed by atoms with E-state index in [0.717, 1.165) is 25.2 Å². The van der Waals surface area contributed by atoms with Gasteiger partial charge >= 0.3 is 5.97 Å². The largest absolute Gasteiger partial charge is 0.465 e. The average Bonchev–Trinajstić information content (AvgIpc) is 2.69. The first-order valence-corrected chi connectivity index (χ1v) is 12.8. The van der Waals surface area contributed by atoms with E-state index < -0.39 is 0 Å². The second-order valence-corrected chi connectivity index (χ2v) is 9.14. The highest BCUT2D eigenvalue weighted by atomic mass is 16.5. The number of carbonyl (C=O) groups excluding carboxylic acids is 1. The summed E-state index contributed by atoms with van der Waals surface area (Å²) in [5.41, 5.74) is 0. The van der Waals surface area contributed by atoms with Crippen molar-refractivity contribution in [3.05, 3.63) is 0 Å². The van der Waals surface area contributed by atoms with Gasteiger partial charge < -0.3 is 4.74 Å². The van der Waals surface area contributed by atoms with Crippen molar-refractivity contribution in [1.82, 2.24) is 0 Å². The Hall–Kier alpha value is -0.530. The number of esters is 1. The molecule has 0 radical (unpaired) electrons. The Morgan fingerprint density at radius 3 is 1.61 bits per heavy atom. The fraction of sp³-hybridized carbons (Fsp3) is 0.962. The van der Waals surface area contributed by atoms with E-state index in [0.29, 0.717) is 6.61 Å². The first-order valence-electron chi connectivity index (χ1n) is 12.8. The Morgan fingerprint density at radius 2 is 1.07 bits per heavy atom. The molecule has 0 N–H and O–H groups in total. The second-order valence-electron chi connectivity index (χ2n) is 9.14. The molecule has 0 aliphatic carbocycles. The highest BCUT2D eigenvalue weighted by molar-refractivity contribution is 5.71. The smallest absolute Gasteiger partial charge is 0.308 e. The first kappa shape index (κ1) is 27.5. The number of ether oxygens (including phenoxy) is 1. The van der Waals surface area contributed by atoms with E-state index in [9.17, 15) is 4.79 Å². The summed E-state index contributed by atoms with van der Waals surface area (Å²) >= 11 is 0. The number of unbranched alkanes of at least 4 members (excludes halogenated alkanes) is 12. The maximum atomic E-state index is 12.1. The van der Waals surface area contributed by atoms with Crippen LogP contribution < -0.4 is 0 Å². The third-order valence-electron chi connectivity index (χ3n) is 6.03. The summed E-state index contributed by atoms with van der Waals surface area (Å²) in [6.45, 7) is 9.51. The highest BCUT2D eigenvalue weighted by Gasteiger charge is 2.14. The van der Waals surface area contributed by atoms with Gasteiger partial charge in [0, 0.05) is 0 Å². The van der Waals surface area contributed by atoms with E-state index in [4.69, 9.17) is 4.74 Å². The van der Waals surface area contributed by atoms with E-state index in [1.165, 1.54) is 96.3 Å². The summed E-state index contributed by atoms with van der Waals surface area (Å²) in [7, 11) is 0. The van der Waals surface area contributed by atoms with Gasteiger partial charge in [-0.15, -0.1) is 0 Å².